The number of allylic oxidation sites excluding steroid dienone is 20. The van der Waals surface area contributed by atoms with Crippen molar-refractivity contribution >= 4 is 17.9 Å². The average Bonchev–Trinajstić information content (AvgIpc) is 3.45. The van der Waals surface area contributed by atoms with Crippen LogP contribution in [0.1, 0.15) is 303 Å². The molecule has 0 fully saturated rings. The van der Waals surface area contributed by atoms with Gasteiger partial charge < -0.3 is 14.2 Å². The van der Waals surface area contributed by atoms with E-state index in [1.807, 2.05) is 0 Å². The normalized spacial score (nSPS) is 12.9. The zero-order valence-corrected chi connectivity index (χ0v) is 51.6. The molecule has 6 heteroatoms. The first kappa shape index (κ1) is 74.8. The van der Waals surface area contributed by atoms with Gasteiger partial charge in [0.05, 0.1) is 0 Å². The summed E-state index contributed by atoms with van der Waals surface area (Å²) >= 11 is 0. The molecule has 79 heavy (non-hydrogen) atoms. The summed E-state index contributed by atoms with van der Waals surface area (Å²) in [6.07, 6.45) is 91.9. The summed E-state index contributed by atoms with van der Waals surface area (Å²) in [4.78, 5) is 38.4. The Morgan fingerprint density at radius 1 is 0.266 bits per heavy atom. The van der Waals surface area contributed by atoms with Crippen LogP contribution in [-0.4, -0.2) is 37.2 Å². The number of esters is 3. The molecule has 0 saturated heterocycles. The molecule has 0 saturated carbocycles. The predicted octanol–water partition coefficient (Wildman–Crippen LogP) is 22.8. The van der Waals surface area contributed by atoms with Gasteiger partial charge in [0, 0.05) is 19.3 Å². The topological polar surface area (TPSA) is 78.9 Å². The summed E-state index contributed by atoms with van der Waals surface area (Å²) in [7, 11) is 0. The van der Waals surface area contributed by atoms with Crippen LogP contribution in [0.5, 0.6) is 0 Å². The van der Waals surface area contributed by atoms with Gasteiger partial charge in [0.15, 0.2) is 6.10 Å². The van der Waals surface area contributed by atoms with E-state index in [9.17, 15) is 14.4 Å². The molecular weight excluding hydrogens is 973 g/mol. The molecule has 0 aliphatic carbocycles. The number of rotatable bonds is 59. The van der Waals surface area contributed by atoms with Crippen molar-refractivity contribution in [1.82, 2.24) is 0 Å². The molecule has 6 nitrogen and oxygen atoms in total. The Balaban J connectivity index is 4.43. The van der Waals surface area contributed by atoms with Crippen molar-refractivity contribution in [3.05, 3.63) is 122 Å². The highest BCUT2D eigenvalue weighted by Gasteiger charge is 2.19. The van der Waals surface area contributed by atoms with Crippen molar-refractivity contribution in [1.29, 1.82) is 0 Å². The average molecular weight is 1100 g/mol. The molecule has 0 aliphatic heterocycles. The molecule has 0 aromatic rings. The Kier molecular flexibility index (Phi) is 62.8. The van der Waals surface area contributed by atoms with E-state index in [1.165, 1.54) is 135 Å². The van der Waals surface area contributed by atoms with Crippen LogP contribution in [0.15, 0.2) is 122 Å². The van der Waals surface area contributed by atoms with Crippen molar-refractivity contribution in [2.75, 3.05) is 13.2 Å². The molecule has 0 spiro atoms. The molecule has 0 rings (SSSR count). The number of carbonyl (C=O) groups excluding carboxylic acids is 3. The van der Waals surface area contributed by atoms with Crippen LogP contribution in [0.4, 0.5) is 0 Å². The Hall–Kier alpha value is -4.19. The second-order valence-electron chi connectivity index (χ2n) is 21.6. The Morgan fingerprint density at radius 2 is 0.494 bits per heavy atom. The standard InChI is InChI=1S/C73H122O6/c1-4-7-10-13-16-19-22-25-28-31-33-34-35-36-37-38-40-42-45-48-51-54-57-60-63-66-72(75)78-69-70(68-77-71(74)65-62-59-56-53-50-47-44-41-30-27-24-21-18-15-12-9-6-3)79-73(76)67-64-61-58-55-52-49-46-43-39-32-29-26-23-20-17-14-11-8-5-2/h7,10,16-21,25-30,33-34,36-37,40,42,70H,4-6,8-9,11-15,22-24,31-32,35,38-39,41,43-69H2,1-3H3/b10-7-,19-16-,20-17-,21-18-,28-25-,29-26-,30-27-,34-33-,37-36-,42-40-. The van der Waals surface area contributed by atoms with Gasteiger partial charge in [-0.15, -0.1) is 0 Å². The smallest absolute Gasteiger partial charge is 0.306 e. The van der Waals surface area contributed by atoms with E-state index in [0.717, 1.165) is 128 Å². The summed E-state index contributed by atoms with van der Waals surface area (Å²) in [5.41, 5.74) is 0. The molecule has 450 valence electrons. The molecule has 0 radical (unpaired) electrons. The lowest BCUT2D eigenvalue weighted by Gasteiger charge is -2.18. The van der Waals surface area contributed by atoms with Crippen molar-refractivity contribution in [3.63, 3.8) is 0 Å². The third-order valence-electron chi connectivity index (χ3n) is 13.9. The molecule has 0 aromatic carbocycles. The molecule has 1 atom stereocenters. The largest absolute Gasteiger partial charge is 0.462 e. The molecule has 0 heterocycles. The van der Waals surface area contributed by atoms with Gasteiger partial charge in [0.25, 0.3) is 0 Å². The monoisotopic (exact) mass is 1090 g/mol. The lowest BCUT2D eigenvalue weighted by molar-refractivity contribution is -0.167. The van der Waals surface area contributed by atoms with Crippen LogP contribution in [0.3, 0.4) is 0 Å². The van der Waals surface area contributed by atoms with E-state index in [-0.39, 0.29) is 31.1 Å². The highest BCUT2D eigenvalue weighted by Crippen LogP contribution is 2.15. The Morgan fingerprint density at radius 3 is 0.772 bits per heavy atom. The summed E-state index contributed by atoms with van der Waals surface area (Å²) in [5, 5.41) is 0. The van der Waals surface area contributed by atoms with E-state index in [0.29, 0.717) is 19.3 Å². The van der Waals surface area contributed by atoms with Gasteiger partial charge in [-0.25, -0.2) is 0 Å². The first-order valence-corrected chi connectivity index (χ1v) is 33.0. The molecule has 0 aliphatic rings. The fourth-order valence-corrected chi connectivity index (χ4v) is 8.98. The van der Waals surface area contributed by atoms with Crippen LogP contribution in [-0.2, 0) is 28.6 Å². The van der Waals surface area contributed by atoms with Crippen LogP contribution < -0.4 is 0 Å². The molecular formula is C73H122O6. The number of ether oxygens (including phenoxy) is 3. The number of unbranched alkanes of at least 4 members (excludes halogenated alkanes) is 28. The van der Waals surface area contributed by atoms with Gasteiger partial charge in [-0.2, -0.15) is 0 Å². The Bertz CT molecular complexity index is 1640. The maximum atomic E-state index is 12.9. The number of hydrogen-bond donors (Lipinski definition) is 0. The summed E-state index contributed by atoms with van der Waals surface area (Å²) in [5.74, 6) is -0.910. The zero-order chi connectivity index (χ0) is 57.1. The Labute approximate surface area is 488 Å². The number of carbonyl (C=O) groups is 3. The molecule has 1 unspecified atom stereocenters. The van der Waals surface area contributed by atoms with Crippen LogP contribution in [0.25, 0.3) is 0 Å². The van der Waals surface area contributed by atoms with Gasteiger partial charge in [0.1, 0.15) is 13.2 Å². The van der Waals surface area contributed by atoms with Gasteiger partial charge in [0.2, 0.25) is 0 Å². The van der Waals surface area contributed by atoms with Crippen molar-refractivity contribution in [2.24, 2.45) is 0 Å². The SMILES string of the molecule is CC/C=C\C/C=C\C/C=C\C/C=C\C/C=C\C/C=C\CCCCCCCCC(=O)OCC(COC(=O)CCCCCCCCC/C=C\C/C=C\CCCCC)OC(=O)CCCCCCCCCCC/C=C\C/C=C\CCCCC. The molecule has 0 amide bonds. The predicted molar refractivity (Wildman–Crippen MR) is 343 cm³/mol. The summed E-state index contributed by atoms with van der Waals surface area (Å²) < 4.78 is 16.9. The van der Waals surface area contributed by atoms with Gasteiger partial charge in [-0.1, -0.05) is 271 Å². The lowest BCUT2D eigenvalue weighted by Crippen LogP contribution is -2.30. The molecule has 0 N–H and O–H groups in total. The summed E-state index contributed by atoms with van der Waals surface area (Å²) in [6, 6.07) is 0. The molecule has 0 bridgehead atoms. The van der Waals surface area contributed by atoms with Crippen molar-refractivity contribution in [2.45, 2.75) is 309 Å². The van der Waals surface area contributed by atoms with E-state index < -0.39 is 6.10 Å². The highest BCUT2D eigenvalue weighted by atomic mass is 16.6. The minimum absolute atomic E-state index is 0.0903. The van der Waals surface area contributed by atoms with Gasteiger partial charge >= 0.3 is 17.9 Å². The summed E-state index contributed by atoms with van der Waals surface area (Å²) in [6.45, 7) is 6.47. The maximum Gasteiger partial charge on any atom is 0.306 e. The van der Waals surface area contributed by atoms with E-state index in [4.69, 9.17) is 14.2 Å². The van der Waals surface area contributed by atoms with Crippen LogP contribution in [0, 0.1) is 0 Å². The fourth-order valence-electron chi connectivity index (χ4n) is 8.98. The van der Waals surface area contributed by atoms with Crippen molar-refractivity contribution in [3.8, 4) is 0 Å². The van der Waals surface area contributed by atoms with Gasteiger partial charge in [-0.3, -0.25) is 14.4 Å². The maximum absolute atomic E-state index is 12.9. The minimum Gasteiger partial charge on any atom is -0.462 e. The van der Waals surface area contributed by atoms with Crippen LogP contribution in [0.2, 0.25) is 0 Å². The second-order valence-corrected chi connectivity index (χ2v) is 21.6. The van der Waals surface area contributed by atoms with E-state index in [2.05, 4.69) is 142 Å². The first-order valence-electron chi connectivity index (χ1n) is 33.0. The first-order chi connectivity index (χ1) is 39.0. The van der Waals surface area contributed by atoms with Crippen molar-refractivity contribution < 1.29 is 28.6 Å². The molecule has 0 aromatic heterocycles. The van der Waals surface area contributed by atoms with E-state index in [1.54, 1.807) is 0 Å². The zero-order valence-electron chi connectivity index (χ0n) is 51.6. The van der Waals surface area contributed by atoms with E-state index >= 15 is 0 Å². The third-order valence-corrected chi connectivity index (χ3v) is 13.9. The van der Waals surface area contributed by atoms with Gasteiger partial charge in [-0.05, 0) is 135 Å². The highest BCUT2D eigenvalue weighted by molar-refractivity contribution is 5.71. The fraction of sp³-hybridized carbons (Fsp3) is 0.685. The quantitative estimate of drug-likeness (QED) is 0.0261. The lowest BCUT2D eigenvalue weighted by atomic mass is 10.1. The number of hydrogen-bond acceptors (Lipinski definition) is 6. The third kappa shape index (κ3) is 64.5. The minimum atomic E-state index is -0.795. The van der Waals surface area contributed by atoms with Crippen LogP contribution >= 0.6 is 0 Å². The second kappa shape index (κ2) is 66.3.